The largest absolute Gasteiger partial charge is 0.486 e. The fraction of sp³-hybridized carbons (Fsp3) is 0.517. The van der Waals surface area contributed by atoms with Crippen molar-refractivity contribution in [3.05, 3.63) is 52.1 Å². The van der Waals surface area contributed by atoms with Gasteiger partial charge in [0.05, 0.1) is 25.5 Å². The van der Waals surface area contributed by atoms with Crippen LogP contribution in [0.5, 0.6) is 17.4 Å². The Hall–Kier alpha value is -3.86. The molecule has 0 saturated carbocycles. The highest BCUT2D eigenvalue weighted by Gasteiger charge is 2.32. The third kappa shape index (κ3) is 6.64. The molecule has 0 aromatic carbocycles. The van der Waals surface area contributed by atoms with E-state index in [1.165, 1.54) is 0 Å². The Kier molecular flexibility index (Phi) is 8.11. The first kappa shape index (κ1) is 27.7. The molecule has 0 aliphatic carbocycles. The molecule has 11 nitrogen and oxygen atoms in total. The van der Waals surface area contributed by atoms with Crippen molar-refractivity contribution in [1.82, 2.24) is 24.8 Å². The lowest BCUT2D eigenvalue weighted by Gasteiger charge is -2.39. The van der Waals surface area contributed by atoms with Crippen molar-refractivity contribution >= 4 is 17.1 Å². The number of nitrogens with one attached hydrogen (secondary N) is 1. The number of ether oxygens (including phenoxy) is 4. The number of carbonyl (C=O) groups excluding carboxylic acids is 1. The normalized spacial score (nSPS) is 16.1. The molecule has 3 aromatic heterocycles. The second kappa shape index (κ2) is 11.7. The highest BCUT2D eigenvalue weighted by molar-refractivity contribution is 5.75. The summed E-state index contributed by atoms with van der Waals surface area (Å²) in [6.07, 6.45) is 3.51. The van der Waals surface area contributed by atoms with E-state index in [1.54, 1.807) is 24.3 Å². The number of methoxy groups -OCH3 is 1. The minimum absolute atomic E-state index is 0.00577. The SMILES string of the molecule is COc1ccc2cc(CCN3CCC(N(Cc4cc5c(cn4)OCCO5)C(=O)OC(C)(C)C)CC3)c(=O)[nH]c2n1. The Bertz CT molecular complexity index is 1410. The Labute approximate surface area is 233 Å². The molecule has 0 bridgehead atoms. The molecule has 1 amide bonds. The number of amides is 1. The zero-order valence-electron chi connectivity index (χ0n) is 23.6. The first-order valence-electron chi connectivity index (χ1n) is 13.7. The van der Waals surface area contributed by atoms with Crippen LogP contribution >= 0.6 is 0 Å². The Morgan fingerprint density at radius 2 is 1.90 bits per heavy atom. The van der Waals surface area contributed by atoms with Crippen molar-refractivity contribution in [1.29, 1.82) is 0 Å². The molecule has 40 heavy (non-hydrogen) atoms. The van der Waals surface area contributed by atoms with Gasteiger partial charge in [-0.25, -0.2) is 4.79 Å². The van der Waals surface area contributed by atoms with Crippen molar-refractivity contribution in [3.8, 4) is 17.4 Å². The molecule has 1 fully saturated rings. The van der Waals surface area contributed by atoms with Crippen LogP contribution in [0.15, 0.2) is 35.3 Å². The number of hydrogen-bond donors (Lipinski definition) is 1. The van der Waals surface area contributed by atoms with E-state index in [-0.39, 0.29) is 17.7 Å². The molecule has 2 aliphatic rings. The van der Waals surface area contributed by atoms with E-state index in [0.717, 1.165) is 49.1 Å². The molecule has 1 N–H and O–H groups in total. The average molecular weight is 552 g/mol. The van der Waals surface area contributed by atoms with E-state index in [9.17, 15) is 9.59 Å². The Balaban J connectivity index is 1.23. The van der Waals surface area contributed by atoms with E-state index in [0.29, 0.717) is 49.2 Å². The summed E-state index contributed by atoms with van der Waals surface area (Å²) >= 11 is 0. The second-order valence-electron chi connectivity index (χ2n) is 11.2. The van der Waals surface area contributed by atoms with Crippen molar-refractivity contribution in [2.24, 2.45) is 0 Å². The van der Waals surface area contributed by atoms with Crippen molar-refractivity contribution in [3.63, 3.8) is 0 Å². The first-order chi connectivity index (χ1) is 19.2. The van der Waals surface area contributed by atoms with Crippen molar-refractivity contribution in [2.45, 2.75) is 58.2 Å². The van der Waals surface area contributed by atoms with Crippen molar-refractivity contribution < 1.29 is 23.7 Å². The summed E-state index contributed by atoms with van der Waals surface area (Å²) in [5.74, 6) is 1.73. The summed E-state index contributed by atoms with van der Waals surface area (Å²) in [6.45, 7) is 9.28. The number of piperidine rings is 1. The second-order valence-corrected chi connectivity index (χ2v) is 11.2. The standard InChI is InChI=1S/C29H37N5O6/c1-29(2,3)40-28(36)34(18-21-16-23-24(17-30-21)39-14-13-38-23)22-8-11-33(12-9-22)10-7-20-15-19-5-6-25(37-4)31-26(19)32-27(20)35/h5-6,15-17,22H,7-14,18H2,1-4H3,(H,31,32,35). The van der Waals surface area contributed by atoms with Crippen molar-refractivity contribution in [2.75, 3.05) is 40.0 Å². The van der Waals surface area contributed by atoms with E-state index in [1.807, 2.05) is 39.0 Å². The van der Waals surface area contributed by atoms with Crippen LogP contribution in [0.2, 0.25) is 0 Å². The highest BCUT2D eigenvalue weighted by atomic mass is 16.6. The number of rotatable bonds is 7. The number of carbonyl (C=O) groups is 1. The third-order valence-corrected chi connectivity index (χ3v) is 7.11. The molecule has 5 rings (SSSR count). The molecule has 2 aliphatic heterocycles. The van der Waals surface area contributed by atoms with Crippen LogP contribution in [-0.4, -0.2) is 82.4 Å². The fourth-order valence-corrected chi connectivity index (χ4v) is 5.06. The van der Waals surface area contributed by atoms with E-state index in [2.05, 4.69) is 19.9 Å². The number of pyridine rings is 3. The van der Waals surface area contributed by atoms with E-state index in [4.69, 9.17) is 18.9 Å². The summed E-state index contributed by atoms with van der Waals surface area (Å²) in [5, 5.41) is 0.870. The zero-order chi connectivity index (χ0) is 28.3. The van der Waals surface area contributed by atoms with Crippen LogP contribution in [0.3, 0.4) is 0 Å². The number of aromatic nitrogens is 3. The first-order valence-corrected chi connectivity index (χ1v) is 13.7. The molecule has 0 spiro atoms. The van der Waals surface area contributed by atoms with Gasteiger partial charge < -0.3 is 28.8 Å². The molecule has 0 unspecified atom stereocenters. The van der Waals surface area contributed by atoms with Gasteiger partial charge in [0.1, 0.15) is 24.5 Å². The maximum absolute atomic E-state index is 13.3. The maximum Gasteiger partial charge on any atom is 0.410 e. The Morgan fingerprint density at radius 3 is 2.62 bits per heavy atom. The van der Waals surface area contributed by atoms with Crippen LogP contribution in [0.4, 0.5) is 4.79 Å². The highest BCUT2D eigenvalue weighted by Crippen LogP contribution is 2.30. The average Bonchev–Trinajstić information content (AvgIpc) is 2.94. The van der Waals surface area contributed by atoms with Gasteiger partial charge in [-0.3, -0.25) is 14.7 Å². The molecule has 5 heterocycles. The number of fused-ring (bicyclic) bond motifs is 2. The van der Waals surface area contributed by atoms with Crippen LogP contribution in [0, 0.1) is 0 Å². The van der Waals surface area contributed by atoms with Gasteiger partial charge in [0, 0.05) is 48.8 Å². The van der Waals surface area contributed by atoms with Gasteiger partial charge in [0.15, 0.2) is 11.5 Å². The molecular formula is C29H37N5O6. The van der Waals surface area contributed by atoms with Crippen LogP contribution in [0.25, 0.3) is 11.0 Å². The number of nitrogens with zero attached hydrogens (tertiary/aromatic N) is 4. The summed E-state index contributed by atoms with van der Waals surface area (Å²) in [4.78, 5) is 41.8. The predicted octanol–water partition coefficient (Wildman–Crippen LogP) is 3.54. The summed E-state index contributed by atoms with van der Waals surface area (Å²) < 4.78 is 22.2. The van der Waals surface area contributed by atoms with Gasteiger partial charge in [-0.05, 0) is 52.2 Å². The van der Waals surface area contributed by atoms with Crippen LogP contribution in [0.1, 0.15) is 44.9 Å². The fourth-order valence-electron chi connectivity index (χ4n) is 5.06. The molecule has 0 atom stereocenters. The molecule has 214 valence electrons. The van der Waals surface area contributed by atoms with E-state index >= 15 is 0 Å². The lowest BCUT2D eigenvalue weighted by Crippen LogP contribution is -2.49. The summed E-state index contributed by atoms with van der Waals surface area (Å²) in [6, 6.07) is 7.43. The smallest absolute Gasteiger partial charge is 0.410 e. The molecule has 1 saturated heterocycles. The zero-order valence-corrected chi connectivity index (χ0v) is 23.6. The van der Waals surface area contributed by atoms with E-state index < -0.39 is 5.60 Å². The van der Waals surface area contributed by atoms with Gasteiger partial charge >= 0.3 is 6.09 Å². The lowest BCUT2D eigenvalue weighted by atomic mass is 10.0. The minimum Gasteiger partial charge on any atom is -0.486 e. The molecule has 11 heteroatoms. The molecule has 0 radical (unpaired) electrons. The third-order valence-electron chi connectivity index (χ3n) is 7.11. The summed E-state index contributed by atoms with van der Waals surface area (Å²) in [7, 11) is 1.55. The van der Waals surface area contributed by atoms with Crippen LogP contribution in [-0.2, 0) is 17.7 Å². The van der Waals surface area contributed by atoms with Gasteiger partial charge in [0.25, 0.3) is 5.56 Å². The quantitative estimate of drug-likeness (QED) is 0.470. The monoisotopic (exact) mass is 551 g/mol. The number of hydrogen-bond acceptors (Lipinski definition) is 9. The minimum atomic E-state index is -0.607. The maximum atomic E-state index is 13.3. The topological polar surface area (TPSA) is 119 Å². The van der Waals surface area contributed by atoms with Crippen LogP contribution < -0.4 is 19.8 Å². The number of likely N-dealkylation sites (tertiary alicyclic amines) is 1. The number of aromatic amines is 1. The lowest BCUT2D eigenvalue weighted by molar-refractivity contribution is 0.00548. The molecular weight excluding hydrogens is 514 g/mol. The summed E-state index contributed by atoms with van der Waals surface area (Å²) in [5.41, 5.74) is 1.22. The predicted molar refractivity (Wildman–Crippen MR) is 149 cm³/mol. The van der Waals surface area contributed by atoms with Gasteiger partial charge in [0.2, 0.25) is 5.88 Å². The Morgan fingerprint density at radius 1 is 1.15 bits per heavy atom. The number of H-pyrrole nitrogens is 1. The van der Waals surface area contributed by atoms with Gasteiger partial charge in [-0.2, -0.15) is 4.98 Å². The van der Waals surface area contributed by atoms with Gasteiger partial charge in [-0.15, -0.1) is 0 Å². The molecule has 3 aromatic rings. The van der Waals surface area contributed by atoms with Gasteiger partial charge in [-0.1, -0.05) is 0 Å².